The van der Waals surface area contributed by atoms with Gasteiger partial charge in [0.2, 0.25) is 11.8 Å². The standard InChI is InChI=1S/C15H20N2O2/c16-13-9-10-14(18)17(15(13)19)11-5-4-8-12-6-2-1-3-7-12/h1-3,6-7,13H,4-5,8-11,16H2. The van der Waals surface area contributed by atoms with E-state index in [0.29, 0.717) is 19.4 Å². The Morgan fingerprint density at radius 1 is 1.16 bits per heavy atom. The highest BCUT2D eigenvalue weighted by Gasteiger charge is 2.31. The smallest absolute Gasteiger partial charge is 0.246 e. The van der Waals surface area contributed by atoms with E-state index in [0.717, 1.165) is 19.3 Å². The molecule has 2 rings (SSSR count). The van der Waals surface area contributed by atoms with Gasteiger partial charge in [-0.3, -0.25) is 14.5 Å². The van der Waals surface area contributed by atoms with Gasteiger partial charge in [0.25, 0.3) is 0 Å². The lowest BCUT2D eigenvalue weighted by Crippen LogP contribution is -2.51. The molecule has 1 atom stereocenters. The molecule has 0 spiro atoms. The lowest BCUT2D eigenvalue weighted by atomic mass is 10.0. The zero-order valence-electron chi connectivity index (χ0n) is 11.0. The number of nitrogens with two attached hydrogens (primary N) is 1. The molecular weight excluding hydrogens is 240 g/mol. The lowest BCUT2D eigenvalue weighted by Gasteiger charge is -2.28. The number of unbranched alkanes of at least 4 members (excludes halogenated alkanes) is 1. The third-order valence-corrected chi connectivity index (χ3v) is 3.49. The van der Waals surface area contributed by atoms with Crippen LogP contribution in [0.3, 0.4) is 0 Å². The van der Waals surface area contributed by atoms with Crippen LogP contribution in [0.1, 0.15) is 31.2 Å². The monoisotopic (exact) mass is 260 g/mol. The minimum absolute atomic E-state index is 0.0774. The molecule has 0 radical (unpaired) electrons. The first-order valence-corrected chi connectivity index (χ1v) is 6.82. The number of hydrogen-bond acceptors (Lipinski definition) is 3. The number of carbonyl (C=O) groups is 2. The van der Waals surface area contributed by atoms with E-state index >= 15 is 0 Å². The number of amides is 2. The minimum atomic E-state index is -0.494. The van der Waals surface area contributed by atoms with Gasteiger partial charge in [-0.05, 0) is 31.2 Å². The van der Waals surface area contributed by atoms with E-state index in [2.05, 4.69) is 12.1 Å². The Bertz CT molecular complexity index is 445. The van der Waals surface area contributed by atoms with Crippen molar-refractivity contribution in [3.63, 3.8) is 0 Å². The van der Waals surface area contributed by atoms with Crippen molar-refractivity contribution in [3.8, 4) is 0 Å². The number of rotatable bonds is 5. The van der Waals surface area contributed by atoms with Gasteiger partial charge < -0.3 is 5.73 Å². The van der Waals surface area contributed by atoms with Crippen LogP contribution in [0.25, 0.3) is 0 Å². The van der Waals surface area contributed by atoms with Gasteiger partial charge in [0.1, 0.15) is 0 Å². The quantitative estimate of drug-likeness (QED) is 0.644. The zero-order chi connectivity index (χ0) is 13.7. The molecule has 4 nitrogen and oxygen atoms in total. The second-order valence-electron chi connectivity index (χ2n) is 4.97. The van der Waals surface area contributed by atoms with Gasteiger partial charge in [-0.1, -0.05) is 30.3 Å². The number of imide groups is 1. The Morgan fingerprint density at radius 2 is 1.89 bits per heavy atom. The Balaban J connectivity index is 1.76. The van der Waals surface area contributed by atoms with Gasteiger partial charge >= 0.3 is 0 Å². The molecule has 1 unspecified atom stereocenters. The Hall–Kier alpha value is -1.68. The van der Waals surface area contributed by atoms with Crippen LogP contribution in [0.4, 0.5) is 0 Å². The van der Waals surface area contributed by atoms with E-state index < -0.39 is 6.04 Å². The minimum Gasteiger partial charge on any atom is -0.320 e. The van der Waals surface area contributed by atoms with E-state index in [1.54, 1.807) is 0 Å². The van der Waals surface area contributed by atoms with Crippen molar-refractivity contribution in [2.45, 2.75) is 38.1 Å². The van der Waals surface area contributed by atoms with Crippen LogP contribution < -0.4 is 5.73 Å². The third kappa shape index (κ3) is 3.64. The molecule has 102 valence electrons. The van der Waals surface area contributed by atoms with E-state index in [-0.39, 0.29) is 11.8 Å². The van der Waals surface area contributed by atoms with Crippen LogP contribution in [0.15, 0.2) is 30.3 Å². The van der Waals surface area contributed by atoms with Crippen LogP contribution in [0.5, 0.6) is 0 Å². The summed E-state index contributed by atoms with van der Waals surface area (Å²) in [6.07, 6.45) is 3.66. The van der Waals surface area contributed by atoms with Crippen LogP contribution in [-0.4, -0.2) is 29.3 Å². The summed E-state index contributed by atoms with van der Waals surface area (Å²) < 4.78 is 0. The fraction of sp³-hybridized carbons (Fsp3) is 0.467. The number of benzene rings is 1. The van der Waals surface area contributed by atoms with Crippen LogP contribution in [0.2, 0.25) is 0 Å². The van der Waals surface area contributed by atoms with E-state index in [1.807, 2.05) is 18.2 Å². The second-order valence-corrected chi connectivity index (χ2v) is 4.97. The largest absolute Gasteiger partial charge is 0.320 e. The number of nitrogens with zero attached hydrogens (tertiary/aromatic N) is 1. The molecule has 0 aromatic heterocycles. The van der Waals surface area contributed by atoms with E-state index in [1.165, 1.54) is 10.5 Å². The fourth-order valence-corrected chi connectivity index (χ4v) is 2.34. The molecular formula is C15H20N2O2. The molecule has 19 heavy (non-hydrogen) atoms. The van der Waals surface area contributed by atoms with Gasteiger partial charge in [0.15, 0.2) is 0 Å². The summed E-state index contributed by atoms with van der Waals surface area (Å²) in [6.45, 7) is 0.498. The van der Waals surface area contributed by atoms with Gasteiger partial charge in [0.05, 0.1) is 6.04 Å². The normalized spacial score (nSPS) is 19.8. The zero-order valence-corrected chi connectivity index (χ0v) is 11.0. The van der Waals surface area contributed by atoms with Crippen molar-refractivity contribution >= 4 is 11.8 Å². The molecule has 1 aromatic rings. The average molecular weight is 260 g/mol. The number of piperidine rings is 1. The maximum atomic E-state index is 11.8. The number of likely N-dealkylation sites (tertiary alicyclic amines) is 1. The predicted molar refractivity (Wildman–Crippen MR) is 73.3 cm³/mol. The molecule has 0 bridgehead atoms. The van der Waals surface area contributed by atoms with Gasteiger partial charge in [-0.2, -0.15) is 0 Å². The number of aryl methyl sites for hydroxylation is 1. The molecule has 0 aliphatic carbocycles. The summed E-state index contributed by atoms with van der Waals surface area (Å²) in [5.74, 6) is -0.289. The van der Waals surface area contributed by atoms with Crippen molar-refractivity contribution in [3.05, 3.63) is 35.9 Å². The van der Waals surface area contributed by atoms with Crippen molar-refractivity contribution in [2.24, 2.45) is 5.73 Å². The third-order valence-electron chi connectivity index (χ3n) is 3.49. The molecule has 0 saturated carbocycles. The SMILES string of the molecule is NC1CCC(=O)N(CCCCc2ccccc2)C1=O. The summed E-state index contributed by atoms with van der Waals surface area (Å²) >= 11 is 0. The molecule has 1 aliphatic heterocycles. The highest BCUT2D eigenvalue weighted by molar-refractivity contribution is 6.00. The fourth-order valence-electron chi connectivity index (χ4n) is 2.34. The number of carbonyl (C=O) groups excluding carboxylic acids is 2. The maximum absolute atomic E-state index is 11.8. The Kier molecular flexibility index (Phi) is 4.68. The topological polar surface area (TPSA) is 63.4 Å². The van der Waals surface area contributed by atoms with Crippen molar-refractivity contribution < 1.29 is 9.59 Å². The predicted octanol–water partition coefficient (Wildman–Crippen LogP) is 1.49. The first-order chi connectivity index (χ1) is 9.18. The molecule has 2 amide bonds. The summed E-state index contributed by atoms with van der Waals surface area (Å²) in [4.78, 5) is 24.8. The second kappa shape index (κ2) is 6.48. The van der Waals surface area contributed by atoms with Crippen LogP contribution in [-0.2, 0) is 16.0 Å². The summed E-state index contributed by atoms with van der Waals surface area (Å²) in [7, 11) is 0. The van der Waals surface area contributed by atoms with E-state index in [9.17, 15) is 9.59 Å². The van der Waals surface area contributed by atoms with Crippen molar-refractivity contribution in [2.75, 3.05) is 6.54 Å². The Labute approximate surface area is 113 Å². The first kappa shape index (κ1) is 13.7. The van der Waals surface area contributed by atoms with Crippen LogP contribution in [0, 0.1) is 0 Å². The molecule has 2 N–H and O–H groups in total. The maximum Gasteiger partial charge on any atom is 0.246 e. The molecule has 1 fully saturated rings. The molecule has 1 aromatic carbocycles. The van der Waals surface area contributed by atoms with Gasteiger partial charge in [-0.15, -0.1) is 0 Å². The van der Waals surface area contributed by atoms with Gasteiger partial charge in [-0.25, -0.2) is 0 Å². The molecule has 1 saturated heterocycles. The van der Waals surface area contributed by atoms with Crippen molar-refractivity contribution in [1.29, 1.82) is 0 Å². The Morgan fingerprint density at radius 3 is 2.63 bits per heavy atom. The average Bonchev–Trinajstić information content (AvgIpc) is 2.43. The van der Waals surface area contributed by atoms with E-state index in [4.69, 9.17) is 5.73 Å². The summed E-state index contributed by atoms with van der Waals surface area (Å²) in [5.41, 5.74) is 6.97. The van der Waals surface area contributed by atoms with Crippen molar-refractivity contribution in [1.82, 2.24) is 4.90 Å². The molecule has 1 aliphatic rings. The molecule has 4 heteroatoms. The first-order valence-electron chi connectivity index (χ1n) is 6.82. The number of hydrogen-bond donors (Lipinski definition) is 1. The molecule has 1 heterocycles. The highest BCUT2D eigenvalue weighted by atomic mass is 16.2. The summed E-state index contributed by atoms with van der Waals surface area (Å²) in [5, 5.41) is 0. The lowest BCUT2D eigenvalue weighted by molar-refractivity contribution is -0.149. The van der Waals surface area contributed by atoms with Crippen LogP contribution >= 0.6 is 0 Å². The summed E-state index contributed by atoms with van der Waals surface area (Å²) in [6, 6.07) is 9.72. The highest BCUT2D eigenvalue weighted by Crippen LogP contribution is 2.13. The van der Waals surface area contributed by atoms with Gasteiger partial charge in [0, 0.05) is 13.0 Å².